The first-order valence-corrected chi connectivity index (χ1v) is 15.2. The molecule has 0 spiro atoms. The second-order valence-corrected chi connectivity index (χ2v) is 13.8. The lowest BCUT2D eigenvalue weighted by atomic mass is 9.50. The quantitative estimate of drug-likeness (QED) is 0.223. The third-order valence-electron chi connectivity index (χ3n) is 11.1. The molecule has 4 aliphatic carbocycles. The Morgan fingerprint density at radius 2 is 1.70 bits per heavy atom. The van der Waals surface area contributed by atoms with E-state index in [4.69, 9.17) is 16.2 Å². The predicted molar refractivity (Wildman–Crippen MR) is 153 cm³/mol. The number of carbonyl (C=O) groups is 1. The molecule has 4 N–H and O–H groups in total. The van der Waals surface area contributed by atoms with E-state index in [1.165, 1.54) is 51.4 Å². The molecule has 37 heavy (non-hydrogen) atoms. The lowest BCUT2D eigenvalue weighted by Gasteiger charge is -2.55. The second kappa shape index (κ2) is 10.7. The van der Waals surface area contributed by atoms with Gasteiger partial charge in [0.05, 0.1) is 5.56 Å². The standard InChI is InChI=1S/C33H50N2O2/c1-20(2)6-5-7-21(3)27-10-11-29-28(27)12-13-31-30(29)9-8-23-18-26(14-15-33(23,31)4)37-32(36)22-16-24(34)19-25(35)17-22/h8,16-17,19-21,26-31H,5-7,9-15,18,34-35H2,1-4H3. The van der Waals surface area contributed by atoms with Crippen LogP contribution in [0.4, 0.5) is 11.4 Å². The number of anilines is 2. The van der Waals surface area contributed by atoms with Crippen molar-refractivity contribution >= 4 is 17.3 Å². The molecule has 0 heterocycles. The van der Waals surface area contributed by atoms with Crippen LogP contribution in [0.3, 0.4) is 0 Å². The molecule has 1 aromatic rings. The Morgan fingerprint density at radius 3 is 2.43 bits per heavy atom. The number of hydrogen-bond acceptors (Lipinski definition) is 4. The van der Waals surface area contributed by atoms with E-state index in [0.29, 0.717) is 16.9 Å². The Morgan fingerprint density at radius 1 is 0.973 bits per heavy atom. The normalized spacial score (nSPS) is 35.8. The summed E-state index contributed by atoms with van der Waals surface area (Å²) in [5.41, 5.74) is 15.1. The molecular formula is C33H50N2O2. The predicted octanol–water partition coefficient (Wildman–Crippen LogP) is 8.03. The van der Waals surface area contributed by atoms with E-state index in [1.807, 2.05) is 0 Å². The van der Waals surface area contributed by atoms with Crippen LogP contribution in [0.2, 0.25) is 0 Å². The zero-order valence-electron chi connectivity index (χ0n) is 23.7. The number of ether oxygens (including phenoxy) is 1. The van der Waals surface area contributed by atoms with E-state index in [1.54, 1.807) is 23.8 Å². The summed E-state index contributed by atoms with van der Waals surface area (Å²) >= 11 is 0. The summed E-state index contributed by atoms with van der Waals surface area (Å²) in [5.74, 6) is 5.90. The number of fused-ring (bicyclic) bond motifs is 5. The number of esters is 1. The van der Waals surface area contributed by atoms with Crippen molar-refractivity contribution in [2.45, 2.75) is 104 Å². The van der Waals surface area contributed by atoms with Crippen molar-refractivity contribution in [2.75, 3.05) is 11.5 Å². The van der Waals surface area contributed by atoms with Crippen molar-refractivity contribution in [1.29, 1.82) is 0 Å². The Balaban J connectivity index is 1.22. The van der Waals surface area contributed by atoms with E-state index in [-0.39, 0.29) is 17.5 Å². The summed E-state index contributed by atoms with van der Waals surface area (Å²) in [4.78, 5) is 12.8. The largest absolute Gasteiger partial charge is 0.458 e. The summed E-state index contributed by atoms with van der Waals surface area (Å²) in [6.07, 6.45) is 16.7. The number of hydrogen-bond donors (Lipinski definition) is 2. The number of carbonyl (C=O) groups excluding carboxylic acids is 1. The summed E-state index contributed by atoms with van der Waals surface area (Å²) < 4.78 is 5.98. The van der Waals surface area contributed by atoms with Gasteiger partial charge in [0.15, 0.2) is 0 Å². The van der Waals surface area contributed by atoms with Gasteiger partial charge < -0.3 is 16.2 Å². The van der Waals surface area contributed by atoms with Gasteiger partial charge in [-0.15, -0.1) is 0 Å². The maximum absolute atomic E-state index is 12.8. The van der Waals surface area contributed by atoms with Gasteiger partial charge in [0.1, 0.15) is 6.10 Å². The molecule has 0 bridgehead atoms. The Hall–Kier alpha value is -1.97. The first-order chi connectivity index (χ1) is 17.7. The molecule has 4 heteroatoms. The molecule has 4 aliphatic rings. The van der Waals surface area contributed by atoms with Gasteiger partial charge in [0, 0.05) is 17.8 Å². The maximum atomic E-state index is 12.8. The van der Waals surface area contributed by atoms with Gasteiger partial charge in [-0.05, 0) is 110 Å². The van der Waals surface area contributed by atoms with Crippen LogP contribution >= 0.6 is 0 Å². The number of benzene rings is 1. The molecule has 0 radical (unpaired) electrons. The molecule has 3 saturated carbocycles. The molecule has 3 fully saturated rings. The van der Waals surface area contributed by atoms with E-state index < -0.39 is 0 Å². The molecule has 8 atom stereocenters. The lowest BCUT2D eigenvalue weighted by Crippen LogP contribution is -2.48. The summed E-state index contributed by atoms with van der Waals surface area (Å²) in [6, 6.07) is 4.99. The van der Waals surface area contributed by atoms with Crippen LogP contribution in [-0.2, 0) is 4.74 Å². The third kappa shape index (κ3) is 5.32. The molecule has 0 saturated heterocycles. The number of nitrogen functional groups attached to an aromatic ring is 2. The van der Waals surface area contributed by atoms with E-state index in [0.717, 1.165) is 60.7 Å². The van der Waals surface area contributed by atoms with E-state index in [2.05, 4.69) is 33.8 Å². The van der Waals surface area contributed by atoms with E-state index >= 15 is 0 Å². The molecule has 0 aromatic heterocycles. The van der Waals surface area contributed by atoms with Crippen LogP contribution in [0.15, 0.2) is 29.8 Å². The topological polar surface area (TPSA) is 78.3 Å². The van der Waals surface area contributed by atoms with Gasteiger partial charge in [-0.3, -0.25) is 0 Å². The fraction of sp³-hybridized carbons (Fsp3) is 0.727. The van der Waals surface area contributed by atoms with Crippen LogP contribution in [0.1, 0.15) is 109 Å². The second-order valence-electron chi connectivity index (χ2n) is 13.8. The summed E-state index contributed by atoms with van der Waals surface area (Å²) in [7, 11) is 0. The lowest BCUT2D eigenvalue weighted by molar-refractivity contribution is -0.0240. The van der Waals surface area contributed by atoms with Crippen molar-refractivity contribution in [2.24, 2.45) is 46.8 Å². The van der Waals surface area contributed by atoms with Gasteiger partial charge in [0.2, 0.25) is 0 Å². The summed E-state index contributed by atoms with van der Waals surface area (Å²) in [6.45, 7) is 9.81. The highest BCUT2D eigenvalue weighted by atomic mass is 16.5. The van der Waals surface area contributed by atoms with Crippen LogP contribution in [0, 0.1) is 46.8 Å². The number of rotatable bonds is 7. The molecule has 1 aromatic carbocycles. The Kier molecular flexibility index (Phi) is 7.67. The van der Waals surface area contributed by atoms with Gasteiger partial charge in [-0.1, -0.05) is 58.6 Å². The molecule has 0 amide bonds. The third-order valence-corrected chi connectivity index (χ3v) is 11.1. The molecule has 0 aliphatic heterocycles. The van der Waals surface area contributed by atoms with Crippen LogP contribution in [-0.4, -0.2) is 12.1 Å². The monoisotopic (exact) mass is 506 g/mol. The smallest absolute Gasteiger partial charge is 0.338 e. The highest BCUT2D eigenvalue weighted by Gasteiger charge is 2.54. The van der Waals surface area contributed by atoms with Crippen molar-refractivity contribution < 1.29 is 9.53 Å². The van der Waals surface area contributed by atoms with Crippen molar-refractivity contribution in [3.05, 3.63) is 35.4 Å². The Bertz CT molecular complexity index is 995. The van der Waals surface area contributed by atoms with Gasteiger partial charge in [0.25, 0.3) is 0 Å². The van der Waals surface area contributed by atoms with Gasteiger partial charge in [-0.2, -0.15) is 0 Å². The Labute approximate surface area is 225 Å². The van der Waals surface area contributed by atoms with Crippen molar-refractivity contribution in [1.82, 2.24) is 0 Å². The van der Waals surface area contributed by atoms with Crippen LogP contribution in [0.25, 0.3) is 0 Å². The first kappa shape index (κ1) is 26.6. The van der Waals surface area contributed by atoms with Crippen molar-refractivity contribution in [3.8, 4) is 0 Å². The first-order valence-electron chi connectivity index (χ1n) is 15.2. The number of allylic oxidation sites excluding steroid dienone is 1. The summed E-state index contributed by atoms with van der Waals surface area (Å²) in [5, 5.41) is 0. The SMILES string of the molecule is CC(C)CCCC(C)C1CCC2C1CCC1C2CC=C2CC(OC(=O)c3cc(N)cc(N)c3)CCC21C. The minimum atomic E-state index is -0.304. The zero-order chi connectivity index (χ0) is 26.3. The molecule has 204 valence electrons. The van der Waals surface area contributed by atoms with Gasteiger partial charge in [-0.25, -0.2) is 4.79 Å². The zero-order valence-corrected chi connectivity index (χ0v) is 23.7. The fourth-order valence-electron chi connectivity index (χ4n) is 9.21. The average Bonchev–Trinajstić information content (AvgIpc) is 3.28. The minimum Gasteiger partial charge on any atom is -0.458 e. The van der Waals surface area contributed by atoms with Crippen molar-refractivity contribution in [3.63, 3.8) is 0 Å². The number of nitrogens with two attached hydrogens (primary N) is 2. The molecule has 8 unspecified atom stereocenters. The van der Waals surface area contributed by atoms with Crippen LogP contribution < -0.4 is 11.5 Å². The van der Waals surface area contributed by atoms with E-state index in [9.17, 15) is 4.79 Å². The average molecular weight is 507 g/mol. The molecule has 5 rings (SSSR count). The minimum absolute atomic E-state index is 0.0510. The van der Waals surface area contributed by atoms with Gasteiger partial charge >= 0.3 is 5.97 Å². The molecular weight excluding hydrogens is 456 g/mol. The molecule has 4 nitrogen and oxygen atoms in total. The van der Waals surface area contributed by atoms with Crippen LogP contribution in [0.5, 0.6) is 0 Å². The highest BCUT2D eigenvalue weighted by molar-refractivity contribution is 5.91. The maximum Gasteiger partial charge on any atom is 0.338 e. The highest BCUT2D eigenvalue weighted by Crippen LogP contribution is 2.63. The fourth-order valence-corrected chi connectivity index (χ4v) is 9.21.